The number of carbonyl (C=O) groups is 1. The van der Waals surface area contributed by atoms with Crippen LogP contribution in [0.25, 0.3) is 0 Å². The predicted octanol–water partition coefficient (Wildman–Crippen LogP) is 0.0709. The number of amides is 1. The van der Waals surface area contributed by atoms with E-state index in [1.165, 1.54) is 5.56 Å². The minimum Gasteiger partial charge on any atom is -0.378 e. The number of nitrogens with one attached hydrogen (secondary N) is 1. The number of ether oxygens (including phenoxy) is 1. The Morgan fingerprint density at radius 3 is 3.00 bits per heavy atom. The number of nitrogens with zero attached hydrogens (tertiary/aromatic N) is 2. The molecular weight excluding hydrogens is 230 g/mol. The summed E-state index contributed by atoms with van der Waals surface area (Å²) in [6.45, 7) is 2.61. The average molecular weight is 249 g/mol. The number of hydrogen-bond acceptors (Lipinski definition) is 4. The van der Waals surface area contributed by atoms with Crippen LogP contribution in [0.1, 0.15) is 5.56 Å². The molecule has 1 saturated heterocycles. The van der Waals surface area contributed by atoms with Crippen LogP contribution in [0.15, 0.2) is 24.5 Å². The quantitative estimate of drug-likeness (QED) is 0.820. The Bertz CT molecular complexity index is 377. The third-order valence-electron chi connectivity index (χ3n) is 3.08. The molecule has 0 radical (unpaired) electrons. The summed E-state index contributed by atoms with van der Waals surface area (Å²) in [6, 6.07) is 3.75. The van der Waals surface area contributed by atoms with Crippen LogP contribution in [-0.4, -0.2) is 55.2 Å². The smallest absolute Gasteiger partial charge is 0.241 e. The minimum absolute atomic E-state index is 0.101. The molecule has 0 aromatic carbocycles. The Labute approximate surface area is 107 Å². The summed E-state index contributed by atoms with van der Waals surface area (Å²) in [5, 5.41) is 3.17. The van der Waals surface area contributed by atoms with Gasteiger partial charge in [-0.2, -0.15) is 0 Å². The van der Waals surface area contributed by atoms with Crippen LogP contribution in [-0.2, 0) is 16.0 Å². The van der Waals surface area contributed by atoms with E-state index in [1.54, 1.807) is 17.3 Å². The third-order valence-corrected chi connectivity index (χ3v) is 3.08. The number of aromatic nitrogens is 1. The Morgan fingerprint density at radius 2 is 2.33 bits per heavy atom. The van der Waals surface area contributed by atoms with Gasteiger partial charge < -0.3 is 15.0 Å². The van der Waals surface area contributed by atoms with Crippen molar-refractivity contribution in [2.75, 3.05) is 33.4 Å². The van der Waals surface area contributed by atoms with Crippen LogP contribution in [0.4, 0.5) is 0 Å². The fraction of sp³-hybridized carbons (Fsp3) is 0.538. The van der Waals surface area contributed by atoms with Gasteiger partial charge in [-0.3, -0.25) is 9.78 Å². The zero-order chi connectivity index (χ0) is 12.8. The number of likely N-dealkylation sites (N-methyl/N-ethyl adjacent to an activating group) is 1. The highest BCUT2D eigenvalue weighted by atomic mass is 16.5. The summed E-state index contributed by atoms with van der Waals surface area (Å²) in [5.74, 6) is 0.101. The molecule has 1 aliphatic heterocycles. The molecule has 1 aromatic heterocycles. The highest BCUT2D eigenvalue weighted by Crippen LogP contribution is 2.02. The van der Waals surface area contributed by atoms with E-state index in [2.05, 4.69) is 10.3 Å². The van der Waals surface area contributed by atoms with E-state index in [0.29, 0.717) is 19.8 Å². The average Bonchev–Trinajstić information content (AvgIpc) is 2.46. The molecule has 2 rings (SSSR count). The Balaban J connectivity index is 1.80. The molecule has 98 valence electrons. The number of carbonyl (C=O) groups excluding carboxylic acids is 1. The molecule has 0 saturated carbocycles. The largest absolute Gasteiger partial charge is 0.378 e. The van der Waals surface area contributed by atoms with Gasteiger partial charge in [-0.25, -0.2) is 0 Å². The summed E-state index contributed by atoms with van der Waals surface area (Å²) < 4.78 is 5.30. The number of hydrogen-bond donors (Lipinski definition) is 1. The van der Waals surface area contributed by atoms with E-state index in [0.717, 1.165) is 13.0 Å². The van der Waals surface area contributed by atoms with Crippen molar-refractivity contribution in [3.63, 3.8) is 0 Å². The van der Waals surface area contributed by atoms with Crippen molar-refractivity contribution in [1.82, 2.24) is 15.2 Å². The van der Waals surface area contributed by atoms with E-state index in [1.807, 2.05) is 19.2 Å². The van der Waals surface area contributed by atoms with Crippen molar-refractivity contribution < 1.29 is 9.53 Å². The van der Waals surface area contributed by atoms with E-state index >= 15 is 0 Å². The monoisotopic (exact) mass is 249 g/mol. The van der Waals surface area contributed by atoms with Crippen molar-refractivity contribution in [2.45, 2.75) is 12.5 Å². The van der Waals surface area contributed by atoms with Gasteiger partial charge in [0.15, 0.2) is 0 Å². The first kappa shape index (κ1) is 13.0. The van der Waals surface area contributed by atoms with Crippen LogP contribution < -0.4 is 5.32 Å². The standard InChI is InChI=1S/C13H19N3O2/c1-16(8-4-11-2-5-14-6-3-11)13(17)12-10-18-9-7-15-12/h2-3,5-6,12,15H,4,7-10H2,1H3. The molecule has 1 amide bonds. The molecule has 1 unspecified atom stereocenters. The lowest BCUT2D eigenvalue weighted by Gasteiger charge is -2.27. The zero-order valence-corrected chi connectivity index (χ0v) is 10.6. The van der Waals surface area contributed by atoms with Crippen molar-refractivity contribution in [3.05, 3.63) is 30.1 Å². The van der Waals surface area contributed by atoms with Crippen LogP contribution in [0.3, 0.4) is 0 Å². The summed E-state index contributed by atoms with van der Waals surface area (Å²) in [4.78, 5) is 17.8. The molecule has 5 nitrogen and oxygen atoms in total. The van der Waals surface area contributed by atoms with Crippen molar-refractivity contribution >= 4 is 5.91 Å². The van der Waals surface area contributed by atoms with Crippen LogP contribution >= 0.6 is 0 Å². The summed E-state index contributed by atoms with van der Waals surface area (Å²) >= 11 is 0. The maximum atomic E-state index is 12.1. The predicted molar refractivity (Wildman–Crippen MR) is 68.2 cm³/mol. The van der Waals surface area contributed by atoms with Gasteiger partial charge in [0.1, 0.15) is 6.04 Å². The van der Waals surface area contributed by atoms with Gasteiger partial charge in [-0.05, 0) is 24.1 Å². The topological polar surface area (TPSA) is 54.5 Å². The van der Waals surface area contributed by atoms with Gasteiger partial charge in [0.25, 0.3) is 0 Å². The van der Waals surface area contributed by atoms with Gasteiger partial charge in [-0.15, -0.1) is 0 Å². The number of rotatable bonds is 4. The third kappa shape index (κ3) is 3.51. The lowest BCUT2D eigenvalue weighted by molar-refractivity contribution is -0.135. The number of pyridine rings is 1. The SMILES string of the molecule is CN(CCc1ccncc1)C(=O)C1COCCN1. The molecule has 1 aliphatic rings. The van der Waals surface area contributed by atoms with Gasteiger partial charge in [0.2, 0.25) is 5.91 Å². The maximum Gasteiger partial charge on any atom is 0.241 e. The minimum atomic E-state index is -0.193. The second-order valence-corrected chi connectivity index (χ2v) is 4.45. The molecule has 0 spiro atoms. The van der Waals surface area contributed by atoms with E-state index in [-0.39, 0.29) is 11.9 Å². The number of morpholine rings is 1. The van der Waals surface area contributed by atoms with Crippen molar-refractivity contribution in [2.24, 2.45) is 0 Å². The second-order valence-electron chi connectivity index (χ2n) is 4.45. The molecular formula is C13H19N3O2. The Morgan fingerprint density at radius 1 is 1.56 bits per heavy atom. The molecule has 1 aromatic rings. The highest BCUT2D eigenvalue weighted by molar-refractivity contribution is 5.81. The molecule has 1 atom stereocenters. The zero-order valence-electron chi connectivity index (χ0n) is 10.6. The van der Waals surface area contributed by atoms with Crippen molar-refractivity contribution in [3.8, 4) is 0 Å². The maximum absolute atomic E-state index is 12.1. The van der Waals surface area contributed by atoms with Crippen molar-refractivity contribution in [1.29, 1.82) is 0 Å². The first-order chi connectivity index (χ1) is 8.77. The summed E-state index contributed by atoms with van der Waals surface area (Å²) in [5.41, 5.74) is 1.19. The lowest BCUT2D eigenvalue weighted by atomic mass is 10.2. The van der Waals surface area contributed by atoms with Crippen LogP contribution in [0, 0.1) is 0 Å². The molecule has 5 heteroatoms. The fourth-order valence-corrected chi connectivity index (χ4v) is 1.95. The Kier molecular flexibility index (Phi) is 4.66. The molecule has 0 bridgehead atoms. The van der Waals surface area contributed by atoms with Crippen LogP contribution in [0.2, 0.25) is 0 Å². The normalized spacial score (nSPS) is 19.5. The lowest BCUT2D eigenvalue weighted by Crippen LogP contribution is -2.51. The summed E-state index contributed by atoms with van der Waals surface area (Å²) in [6.07, 6.45) is 4.39. The molecule has 1 N–H and O–H groups in total. The second kappa shape index (κ2) is 6.47. The molecule has 1 fully saturated rings. The van der Waals surface area contributed by atoms with Gasteiger partial charge in [0, 0.05) is 32.5 Å². The summed E-state index contributed by atoms with van der Waals surface area (Å²) in [7, 11) is 1.83. The fourth-order valence-electron chi connectivity index (χ4n) is 1.95. The Hall–Kier alpha value is -1.46. The van der Waals surface area contributed by atoms with E-state index < -0.39 is 0 Å². The molecule has 0 aliphatic carbocycles. The van der Waals surface area contributed by atoms with E-state index in [9.17, 15) is 4.79 Å². The van der Waals surface area contributed by atoms with Gasteiger partial charge >= 0.3 is 0 Å². The first-order valence-electron chi connectivity index (χ1n) is 6.22. The van der Waals surface area contributed by atoms with Gasteiger partial charge in [-0.1, -0.05) is 0 Å². The van der Waals surface area contributed by atoms with Gasteiger partial charge in [0.05, 0.1) is 13.2 Å². The molecule has 18 heavy (non-hydrogen) atoms. The van der Waals surface area contributed by atoms with Crippen LogP contribution in [0.5, 0.6) is 0 Å². The van der Waals surface area contributed by atoms with E-state index in [4.69, 9.17) is 4.74 Å². The highest BCUT2D eigenvalue weighted by Gasteiger charge is 2.23. The molecule has 2 heterocycles. The first-order valence-corrected chi connectivity index (χ1v) is 6.22.